The second-order valence-electron chi connectivity index (χ2n) is 4.03. The van der Waals surface area contributed by atoms with Crippen molar-refractivity contribution in [2.75, 3.05) is 11.9 Å². The van der Waals surface area contributed by atoms with Crippen LogP contribution in [0.2, 0.25) is 5.02 Å². The molecule has 1 heterocycles. The minimum absolute atomic E-state index is 0.455. The van der Waals surface area contributed by atoms with Crippen LogP contribution < -0.4 is 11.1 Å². The molecule has 1 aromatic rings. The zero-order valence-electron chi connectivity index (χ0n) is 8.62. The minimum atomic E-state index is 0.455. The number of anilines is 1. The monoisotopic (exact) mass is 225 g/mol. The van der Waals surface area contributed by atoms with E-state index in [0.29, 0.717) is 12.0 Å². The van der Waals surface area contributed by atoms with Gasteiger partial charge in [0.2, 0.25) is 0 Å². The van der Waals surface area contributed by atoms with Gasteiger partial charge in [0, 0.05) is 12.2 Å². The highest BCUT2D eigenvalue weighted by Gasteiger charge is 2.26. The van der Waals surface area contributed by atoms with Crippen LogP contribution >= 0.6 is 11.6 Å². The predicted octanol–water partition coefficient (Wildman–Crippen LogP) is 2.27. The molecule has 4 heteroatoms. The van der Waals surface area contributed by atoms with Crippen molar-refractivity contribution in [3.63, 3.8) is 0 Å². The topological polar surface area (TPSA) is 50.9 Å². The number of rotatable bonds is 3. The number of hydrogen-bond acceptors (Lipinski definition) is 3. The lowest BCUT2D eigenvalue weighted by Crippen LogP contribution is -2.29. The first kappa shape index (κ1) is 10.7. The number of nitrogens with two attached hydrogens (primary N) is 1. The lowest BCUT2D eigenvalue weighted by Gasteiger charge is -2.20. The van der Waals surface area contributed by atoms with Crippen LogP contribution in [0.25, 0.3) is 0 Å². The Balaban J connectivity index is 2.05. The molecule has 0 amide bonds. The van der Waals surface area contributed by atoms with Crippen LogP contribution in [0.15, 0.2) is 18.5 Å². The van der Waals surface area contributed by atoms with Crippen LogP contribution in [0.1, 0.15) is 19.3 Å². The molecule has 1 saturated carbocycles. The van der Waals surface area contributed by atoms with E-state index in [0.717, 1.165) is 17.3 Å². The van der Waals surface area contributed by atoms with Gasteiger partial charge in [-0.05, 0) is 31.4 Å². The van der Waals surface area contributed by atoms with Crippen molar-refractivity contribution in [3.8, 4) is 0 Å². The molecule has 15 heavy (non-hydrogen) atoms. The summed E-state index contributed by atoms with van der Waals surface area (Å²) in [5.74, 6) is 0.571. The molecule has 1 aliphatic carbocycles. The quantitative estimate of drug-likeness (QED) is 0.830. The Morgan fingerprint density at radius 1 is 1.53 bits per heavy atom. The maximum atomic E-state index is 6.06. The summed E-state index contributed by atoms with van der Waals surface area (Å²) >= 11 is 6.06. The first-order valence-electron chi connectivity index (χ1n) is 5.37. The van der Waals surface area contributed by atoms with Crippen molar-refractivity contribution >= 4 is 17.3 Å². The van der Waals surface area contributed by atoms with E-state index < -0.39 is 0 Å². The summed E-state index contributed by atoms with van der Waals surface area (Å²) in [4.78, 5) is 4.06. The van der Waals surface area contributed by atoms with Gasteiger partial charge in [-0.3, -0.25) is 4.98 Å². The number of pyridine rings is 1. The first-order chi connectivity index (χ1) is 7.31. The molecule has 2 rings (SSSR count). The lowest BCUT2D eigenvalue weighted by atomic mass is 10.0. The normalized spacial score (nSPS) is 25.5. The molecule has 2 atom stereocenters. The standard InChI is InChI=1S/C11H16ClN3/c12-9-4-5-14-7-11(9)15-10-3-1-2-8(10)6-13/h4-5,7-8,10,15H,1-3,6,13H2. The third kappa shape index (κ3) is 2.41. The molecule has 0 radical (unpaired) electrons. The van der Waals surface area contributed by atoms with Gasteiger partial charge in [0.1, 0.15) is 0 Å². The zero-order chi connectivity index (χ0) is 10.7. The van der Waals surface area contributed by atoms with Gasteiger partial charge in [-0.25, -0.2) is 0 Å². The van der Waals surface area contributed by atoms with Crippen LogP contribution in [0.3, 0.4) is 0 Å². The molecule has 2 unspecified atom stereocenters. The molecule has 82 valence electrons. The van der Waals surface area contributed by atoms with E-state index in [1.807, 2.05) is 0 Å². The Hall–Kier alpha value is -0.800. The summed E-state index contributed by atoms with van der Waals surface area (Å²) in [6.45, 7) is 0.746. The fourth-order valence-electron chi connectivity index (χ4n) is 2.19. The molecule has 0 bridgehead atoms. The zero-order valence-corrected chi connectivity index (χ0v) is 9.37. The number of nitrogens with zero attached hydrogens (tertiary/aromatic N) is 1. The van der Waals surface area contributed by atoms with Crippen molar-refractivity contribution in [1.29, 1.82) is 0 Å². The van der Waals surface area contributed by atoms with Crippen molar-refractivity contribution in [2.45, 2.75) is 25.3 Å². The van der Waals surface area contributed by atoms with Crippen LogP contribution in [0.5, 0.6) is 0 Å². The number of nitrogens with one attached hydrogen (secondary N) is 1. The van der Waals surface area contributed by atoms with Gasteiger partial charge < -0.3 is 11.1 Å². The van der Waals surface area contributed by atoms with Gasteiger partial charge in [0.25, 0.3) is 0 Å². The van der Waals surface area contributed by atoms with E-state index in [4.69, 9.17) is 17.3 Å². The molecule has 0 aliphatic heterocycles. The molecule has 0 saturated heterocycles. The molecule has 3 nitrogen and oxygen atoms in total. The van der Waals surface area contributed by atoms with Gasteiger partial charge >= 0.3 is 0 Å². The van der Waals surface area contributed by atoms with Gasteiger partial charge in [-0.2, -0.15) is 0 Å². The average molecular weight is 226 g/mol. The van der Waals surface area contributed by atoms with Crippen molar-refractivity contribution in [1.82, 2.24) is 4.98 Å². The molecule has 0 spiro atoms. The summed E-state index contributed by atoms with van der Waals surface area (Å²) in [6, 6.07) is 2.26. The fraction of sp³-hybridized carbons (Fsp3) is 0.545. The van der Waals surface area contributed by atoms with Crippen LogP contribution in [0.4, 0.5) is 5.69 Å². The first-order valence-corrected chi connectivity index (χ1v) is 5.75. The Labute approximate surface area is 95.0 Å². The molecular weight excluding hydrogens is 210 g/mol. The Kier molecular flexibility index (Phi) is 3.44. The van der Waals surface area contributed by atoms with Gasteiger partial charge in [0.05, 0.1) is 16.9 Å². The van der Waals surface area contributed by atoms with Crippen LogP contribution in [0, 0.1) is 5.92 Å². The Bertz CT molecular complexity index is 329. The van der Waals surface area contributed by atoms with E-state index in [2.05, 4.69) is 10.3 Å². The summed E-state index contributed by atoms with van der Waals surface area (Å²) in [6.07, 6.45) is 7.10. The van der Waals surface area contributed by atoms with Crippen molar-refractivity contribution < 1.29 is 0 Å². The highest BCUT2D eigenvalue weighted by molar-refractivity contribution is 6.33. The summed E-state index contributed by atoms with van der Waals surface area (Å²) in [5.41, 5.74) is 6.65. The largest absolute Gasteiger partial charge is 0.380 e. The third-order valence-electron chi connectivity index (χ3n) is 3.07. The van der Waals surface area contributed by atoms with Gasteiger partial charge in [0.15, 0.2) is 0 Å². The predicted molar refractivity (Wildman–Crippen MR) is 63.1 cm³/mol. The number of aromatic nitrogens is 1. The molecule has 3 N–H and O–H groups in total. The van der Waals surface area contributed by atoms with Crippen molar-refractivity contribution in [2.24, 2.45) is 11.7 Å². The highest BCUT2D eigenvalue weighted by atomic mass is 35.5. The minimum Gasteiger partial charge on any atom is -0.380 e. The summed E-state index contributed by atoms with van der Waals surface area (Å²) in [7, 11) is 0. The van der Waals surface area contributed by atoms with Gasteiger partial charge in [-0.15, -0.1) is 0 Å². The van der Waals surface area contributed by atoms with E-state index in [9.17, 15) is 0 Å². The SMILES string of the molecule is NCC1CCCC1Nc1cnccc1Cl. The second kappa shape index (κ2) is 4.81. The lowest BCUT2D eigenvalue weighted by molar-refractivity contribution is 0.516. The Morgan fingerprint density at radius 3 is 3.13 bits per heavy atom. The molecule has 1 aromatic heterocycles. The maximum Gasteiger partial charge on any atom is 0.0718 e. The number of hydrogen-bond donors (Lipinski definition) is 2. The Morgan fingerprint density at radius 2 is 2.40 bits per heavy atom. The van der Waals surface area contributed by atoms with E-state index in [-0.39, 0.29) is 0 Å². The molecule has 0 aromatic carbocycles. The fourth-order valence-corrected chi connectivity index (χ4v) is 2.35. The van der Waals surface area contributed by atoms with Gasteiger partial charge in [-0.1, -0.05) is 18.0 Å². The second-order valence-corrected chi connectivity index (χ2v) is 4.44. The van der Waals surface area contributed by atoms with E-state index >= 15 is 0 Å². The molecular formula is C11H16ClN3. The van der Waals surface area contributed by atoms with Crippen molar-refractivity contribution in [3.05, 3.63) is 23.5 Å². The third-order valence-corrected chi connectivity index (χ3v) is 3.40. The average Bonchev–Trinajstić information content (AvgIpc) is 2.69. The van der Waals surface area contributed by atoms with E-state index in [1.165, 1.54) is 19.3 Å². The highest BCUT2D eigenvalue weighted by Crippen LogP contribution is 2.29. The smallest absolute Gasteiger partial charge is 0.0718 e. The summed E-state index contributed by atoms with van der Waals surface area (Å²) < 4.78 is 0. The van der Waals surface area contributed by atoms with Crippen LogP contribution in [-0.2, 0) is 0 Å². The maximum absolute atomic E-state index is 6.06. The summed E-state index contributed by atoms with van der Waals surface area (Å²) in [5, 5.41) is 4.17. The number of halogens is 1. The molecule has 1 aliphatic rings. The molecule has 1 fully saturated rings. The van der Waals surface area contributed by atoms with E-state index in [1.54, 1.807) is 18.5 Å². The van der Waals surface area contributed by atoms with Crippen LogP contribution in [-0.4, -0.2) is 17.6 Å².